The number of fused-ring (bicyclic) bond motifs is 3. The van der Waals surface area contributed by atoms with Gasteiger partial charge in [0.15, 0.2) is 0 Å². The summed E-state index contributed by atoms with van der Waals surface area (Å²) in [5.74, 6) is -0.979. The molecule has 0 fully saturated rings. The standard InChI is InChI=1S/C32H28N2O6/c35-30(33-24-15-16-26-25-13-7-8-14-28(25)40-29(26)19-24)18-17-27(31(36)38-20-22-9-3-1-4-10-22)34-32(37)39-21-23-11-5-2-6-12-23/h1-16,19,27H,17-18,20-21H2,(H,33,35)(H,34,37)/t27-/m0/s1. The summed E-state index contributed by atoms with van der Waals surface area (Å²) in [6.07, 6.45) is -0.795. The molecule has 0 saturated heterocycles. The third-order valence-corrected chi connectivity index (χ3v) is 6.34. The van der Waals surface area contributed by atoms with Gasteiger partial charge in [-0.1, -0.05) is 78.9 Å². The molecule has 1 atom stereocenters. The second-order valence-electron chi connectivity index (χ2n) is 9.25. The number of nitrogens with one attached hydrogen (secondary N) is 2. The van der Waals surface area contributed by atoms with Crippen molar-refractivity contribution in [1.29, 1.82) is 0 Å². The zero-order valence-electron chi connectivity index (χ0n) is 21.7. The van der Waals surface area contributed by atoms with Crippen molar-refractivity contribution in [2.24, 2.45) is 0 Å². The summed E-state index contributed by atoms with van der Waals surface area (Å²) >= 11 is 0. The first-order chi connectivity index (χ1) is 19.5. The third-order valence-electron chi connectivity index (χ3n) is 6.34. The van der Waals surface area contributed by atoms with E-state index in [4.69, 9.17) is 13.9 Å². The predicted octanol–water partition coefficient (Wildman–Crippen LogP) is 6.34. The van der Waals surface area contributed by atoms with E-state index in [1.807, 2.05) is 91.0 Å². The number of para-hydroxylation sites is 1. The van der Waals surface area contributed by atoms with Crippen LogP contribution in [0.15, 0.2) is 108 Å². The Morgan fingerprint density at radius 1 is 0.700 bits per heavy atom. The summed E-state index contributed by atoms with van der Waals surface area (Å²) in [4.78, 5) is 38.2. The highest BCUT2D eigenvalue weighted by Gasteiger charge is 2.24. The molecule has 5 aromatic rings. The largest absolute Gasteiger partial charge is 0.459 e. The molecule has 2 N–H and O–H groups in total. The maximum atomic E-state index is 12.9. The van der Waals surface area contributed by atoms with Gasteiger partial charge in [-0.05, 0) is 35.7 Å². The lowest BCUT2D eigenvalue weighted by molar-refractivity contribution is -0.147. The van der Waals surface area contributed by atoms with Crippen molar-refractivity contribution in [3.8, 4) is 0 Å². The summed E-state index contributed by atoms with van der Waals surface area (Å²) in [5, 5.41) is 7.34. The molecule has 0 saturated carbocycles. The van der Waals surface area contributed by atoms with Gasteiger partial charge in [0.25, 0.3) is 0 Å². The Hall–Kier alpha value is -5.11. The summed E-state index contributed by atoms with van der Waals surface area (Å²) < 4.78 is 16.6. The topological polar surface area (TPSA) is 107 Å². The first kappa shape index (κ1) is 26.5. The predicted molar refractivity (Wildman–Crippen MR) is 151 cm³/mol. The van der Waals surface area contributed by atoms with E-state index >= 15 is 0 Å². The Bertz CT molecular complexity index is 1610. The highest BCUT2D eigenvalue weighted by atomic mass is 16.6. The van der Waals surface area contributed by atoms with Crippen molar-refractivity contribution in [3.05, 3.63) is 114 Å². The zero-order valence-corrected chi connectivity index (χ0v) is 21.7. The molecular weight excluding hydrogens is 508 g/mol. The van der Waals surface area contributed by atoms with Crippen molar-refractivity contribution in [1.82, 2.24) is 5.32 Å². The van der Waals surface area contributed by atoms with E-state index in [-0.39, 0.29) is 32.0 Å². The highest BCUT2D eigenvalue weighted by molar-refractivity contribution is 6.06. The first-order valence-electron chi connectivity index (χ1n) is 12.9. The normalized spacial score (nSPS) is 11.6. The van der Waals surface area contributed by atoms with Crippen LogP contribution in [0.1, 0.15) is 24.0 Å². The third kappa shape index (κ3) is 6.85. The van der Waals surface area contributed by atoms with Crippen molar-refractivity contribution in [2.75, 3.05) is 5.32 Å². The van der Waals surface area contributed by atoms with Crippen LogP contribution >= 0.6 is 0 Å². The number of hydrogen-bond acceptors (Lipinski definition) is 6. The van der Waals surface area contributed by atoms with E-state index in [2.05, 4.69) is 10.6 Å². The Morgan fingerprint density at radius 2 is 1.32 bits per heavy atom. The van der Waals surface area contributed by atoms with E-state index in [1.54, 1.807) is 12.1 Å². The number of furan rings is 1. The fourth-order valence-corrected chi connectivity index (χ4v) is 4.29. The Morgan fingerprint density at radius 3 is 2.05 bits per heavy atom. The average molecular weight is 537 g/mol. The summed E-state index contributed by atoms with van der Waals surface area (Å²) in [7, 11) is 0. The van der Waals surface area contributed by atoms with E-state index in [0.717, 1.165) is 27.5 Å². The quantitative estimate of drug-likeness (QED) is 0.202. The first-order valence-corrected chi connectivity index (χ1v) is 12.9. The van der Waals surface area contributed by atoms with Crippen molar-refractivity contribution in [3.63, 3.8) is 0 Å². The fourth-order valence-electron chi connectivity index (χ4n) is 4.29. The van der Waals surface area contributed by atoms with Gasteiger partial charge in [-0.25, -0.2) is 9.59 Å². The molecule has 0 bridgehead atoms. The van der Waals surface area contributed by atoms with Gasteiger partial charge in [0.1, 0.15) is 30.4 Å². The molecule has 0 aliphatic rings. The number of carbonyl (C=O) groups is 3. The Labute approximate surface area is 230 Å². The fraction of sp³-hybridized carbons (Fsp3) is 0.156. The molecule has 5 rings (SSSR count). The molecule has 0 aliphatic carbocycles. The molecule has 0 spiro atoms. The van der Waals surface area contributed by atoms with Crippen LogP contribution in [0.4, 0.5) is 10.5 Å². The summed E-state index contributed by atoms with van der Waals surface area (Å²) in [6, 6.07) is 30.5. The van der Waals surface area contributed by atoms with Gasteiger partial charge < -0.3 is 24.5 Å². The van der Waals surface area contributed by atoms with Gasteiger partial charge in [0.2, 0.25) is 5.91 Å². The van der Waals surface area contributed by atoms with Crippen LogP contribution in [0, 0.1) is 0 Å². The van der Waals surface area contributed by atoms with Crippen LogP contribution in [0.25, 0.3) is 21.9 Å². The van der Waals surface area contributed by atoms with E-state index in [0.29, 0.717) is 11.3 Å². The highest BCUT2D eigenvalue weighted by Crippen LogP contribution is 2.30. The minimum absolute atomic E-state index is 0.0206. The van der Waals surface area contributed by atoms with Gasteiger partial charge in [0, 0.05) is 28.9 Å². The molecule has 1 heterocycles. The molecule has 8 nitrogen and oxygen atoms in total. The minimum atomic E-state index is -1.07. The van der Waals surface area contributed by atoms with Gasteiger partial charge >= 0.3 is 12.1 Å². The lowest BCUT2D eigenvalue weighted by Crippen LogP contribution is -2.42. The number of esters is 1. The monoisotopic (exact) mass is 536 g/mol. The van der Waals surface area contributed by atoms with Gasteiger partial charge in [-0.2, -0.15) is 0 Å². The van der Waals surface area contributed by atoms with Crippen LogP contribution in [-0.4, -0.2) is 24.0 Å². The number of ether oxygens (including phenoxy) is 2. The van der Waals surface area contributed by atoms with Crippen LogP contribution in [-0.2, 0) is 32.3 Å². The van der Waals surface area contributed by atoms with Crippen molar-refractivity contribution >= 4 is 45.6 Å². The molecule has 202 valence electrons. The second-order valence-corrected chi connectivity index (χ2v) is 9.25. The van der Waals surface area contributed by atoms with Gasteiger partial charge in [-0.15, -0.1) is 0 Å². The maximum absolute atomic E-state index is 12.9. The molecule has 0 aliphatic heterocycles. The number of anilines is 1. The number of benzene rings is 4. The van der Waals surface area contributed by atoms with E-state index in [1.165, 1.54) is 0 Å². The van der Waals surface area contributed by atoms with Gasteiger partial charge in [-0.3, -0.25) is 4.79 Å². The number of amides is 2. The molecule has 1 aromatic heterocycles. The lowest BCUT2D eigenvalue weighted by atomic mass is 10.1. The van der Waals surface area contributed by atoms with Crippen LogP contribution < -0.4 is 10.6 Å². The number of hydrogen-bond donors (Lipinski definition) is 2. The maximum Gasteiger partial charge on any atom is 0.408 e. The van der Waals surface area contributed by atoms with Crippen LogP contribution in [0.3, 0.4) is 0 Å². The molecular formula is C32H28N2O6. The summed E-state index contributed by atoms with van der Waals surface area (Å²) in [5.41, 5.74) is 3.60. The lowest BCUT2D eigenvalue weighted by Gasteiger charge is -2.18. The molecule has 0 radical (unpaired) electrons. The summed E-state index contributed by atoms with van der Waals surface area (Å²) in [6.45, 7) is 0.0871. The SMILES string of the molecule is O=C(CC[C@H](NC(=O)OCc1ccccc1)C(=O)OCc1ccccc1)Nc1ccc2c(c1)oc1ccccc12. The number of alkyl carbamates (subject to hydrolysis) is 1. The second kappa shape index (κ2) is 12.6. The van der Waals surface area contributed by atoms with Crippen LogP contribution in [0.5, 0.6) is 0 Å². The Kier molecular flexibility index (Phi) is 8.36. The zero-order chi connectivity index (χ0) is 27.7. The molecule has 40 heavy (non-hydrogen) atoms. The molecule has 0 unspecified atom stereocenters. The molecule has 8 heteroatoms. The van der Waals surface area contributed by atoms with Gasteiger partial charge in [0.05, 0.1) is 0 Å². The van der Waals surface area contributed by atoms with Crippen molar-refractivity contribution in [2.45, 2.75) is 32.1 Å². The number of rotatable bonds is 10. The number of carbonyl (C=O) groups excluding carboxylic acids is 3. The molecule has 4 aromatic carbocycles. The smallest absolute Gasteiger partial charge is 0.408 e. The van der Waals surface area contributed by atoms with Crippen LogP contribution in [0.2, 0.25) is 0 Å². The average Bonchev–Trinajstić information content (AvgIpc) is 3.36. The van der Waals surface area contributed by atoms with Crippen molar-refractivity contribution < 1.29 is 28.3 Å². The van der Waals surface area contributed by atoms with E-state index in [9.17, 15) is 14.4 Å². The molecule has 2 amide bonds. The van der Waals surface area contributed by atoms with E-state index < -0.39 is 18.1 Å². The Balaban J connectivity index is 1.20. The minimum Gasteiger partial charge on any atom is -0.459 e.